The van der Waals surface area contributed by atoms with Gasteiger partial charge in [0, 0.05) is 25.3 Å². The predicted octanol–water partition coefficient (Wildman–Crippen LogP) is 1.26. The van der Waals surface area contributed by atoms with Gasteiger partial charge in [0.15, 0.2) is 0 Å². The van der Waals surface area contributed by atoms with E-state index in [1.54, 1.807) is 11.0 Å². The van der Waals surface area contributed by atoms with Crippen LogP contribution in [-0.2, 0) is 16.1 Å². The zero-order chi connectivity index (χ0) is 18.2. The molecule has 0 aliphatic carbocycles. The van der Waals surface area contributed by atoms with Gasteiger partial charge in [-0.3, -0.25) is 14.4 Å². The molecule has 0 spiro atoms. The Morgan fingerprint density at radius 3 is 2.77 bits per heavy atom. The Hall–Kier alpha value is -2.45. The summed E-state index contributed by atoms with van der Waals surface area (Å²) in [5.41, 5.74) is 0.751. The van der Waals surface area contributed by atoms with Crippen LogP contribution in [0.2, 0.25) is 0 Å². The maximum absolute atomic E-state index is 12.3. The van der Waals surface area contributed by atoms with Crippen molar-refractivity contribution in [3.8, 4) is 5.75 Å². The number of hydrogen-bond donors (Lipinski definition) is 1. The molecule has 3 rings (SSSR count). The van der Waals surface area contributed by atoms with E-state index in [1.165, 1.54) is 6.33 Å². The summed E-state index contributed by atoms with van der Waals surface area (Å²) < 4.78 is 12.8. The fourth-order valence-electron chi connectivity index (χ4n) is 2.71. The summed E-state index contributed by atoms with van der Waals surface area (Å²) in [6.07, 6.45) is 3.06. The van der Waals surface area contributed by atoms with E-state index in [0.29, 0.717) is 13.2 Å². The van der Waals surface area contributed by atoms with Crippen LogP contribution < -0.4 is 10.1 Å². The number of carbonyl (C=O) groups is 1. The molecule has 1 aliphatic rings. The normalized spacial score (nSPS) is 16.2. The van der Waals surface area contributed by atoms with Crippen molar-refractivity contribution in [2.24, 2.45) is 5.92 Å². The van der Waals surface area contributed by atoms with Crippen molar-refractivity contribution < 1.29 is 14.3 Å². The smallest absolute Gasteiger partial charge is 0.229 e. The highest BCUT2D eigenvalue weighted by Gasteiger charge is 2.14. The largest absolute Gasteiger partial charge is 0.492 e. The van der Waals surface area contributed by atoms with Crippen LogP contribution in [0.15, 0.2) is 36.9 Å². The van der Waals surface area contributed by atoms with E-state index in [0.717, 1.165) is 44.3 Å². The second kappa shape index (κ2) is 9.30. The molecular weight excluding hydrogens is 334 g/mol. The van der Waals surface area contributed by atoms with Crippen LogP contribution in [0.3, 0.4) is 0 Å². The molecule has 1 unspecified atom stereocenters. The molecule has 1 aromatic carbocycles. The Labute approximate surface area is 153 Å². The van der Waals surface area contributed by atoms with E-state index in [-0.39, 0.29) is 11.8 Å². The van der Waals surface area contributed by atoms with E-state index in [4.69, 9.17) is 9.47 Å². The molecule has 26 heavy (non-hydrogen) atoms. The Kier molecular flexibility index (Phi) is 6.56. The number of aromatic nitrogens is 3. The third kappa shape index (κ3) is 5.53. The van der Waals surface area contributed by atoms with Crippen LogP contribution in [0.25, 0.3) is 0 Å². The van der Waals surface area contributed by atoms with Gasteiger partial charge in [-0.25, -0.2) is 4.98 Å². The number of carbonyl (C=O) groups excluding carboxylic acids is 1. The Morgan fingerprint density at radius 2 is 2.08 bits per heavy atom. The van der Waals surface area contributed by atoms with Crippen LogP contribution in [0.5, 0.6) is 5.75 Å². The first kappa shape index (κ1) is 18.3. The molecule has 0 bridgehead atoms. The van der Waals surface area contributed by atoms with Gasteiger partial charge in [0.25, 0.3) is 0 Å². The first-order chi connectivity index (χ1) is 12.7. The van der Waals surface area contributed by atoms with Crippen molar-refractivity contribution in [2.75, 3.05) is 44.8 Å². The van der Waals surface area contributed by atoms with Crippen LogP contribution in [0.1, 0.15) is 6.92 Å². The third-order valence-corrected chi connectivity index (χ3v) is 4.28. The lowest BCUT2D eigenvalue weighted by Gasteiger charge is -2.26. The molecule has 1 aromatic heterocycles. The summed E-state index contributed by atoms with van der Waals surface area (Å²) in [5, 5.41) is 6.93. The number of nitrogens with one attached hydrogen (secondary N) is 1. The number of rotatable bonds is 8. The van der Waals surface area contributed by atoms with Crippen LogP contribution in [0.4, 0.5) is 5.69 Å². The van der Waals surface area contributed by atoms with E-state index in [1.807, 2.05) is 31.2 Å². The van der Waals surface area contributed by atoms with Crippen molar-refractivity contribution >= 4 is 11.6 Å². The van der Waals surface area contributed by atoms with E-state index < -0.39 is 0 Å². The molecule has 1 amide bonds. The molecule has 8 nitrogen and oxygen atoms in total. The van der Waals surface area contributed by atoms with E-state index >= 15 is 0 Å². The number of ether oxygens (including phenoxy) is 2. The number of morpholine rings is 1. The molecule has 2 heterocycles. The third-order valence-electron chi connectivity index (χ3n) is 4.28. The van der Waals surface area contributed by atoms with Gasteiger partial charge in [0.2, 0.25) is 5.91 Å². The average Bonchev–Trinajstić information content (AvgIpc) is 3.17. The number of anilines is 1. The van der Waals surface area contributed by atoms with Gasteiger partial charge in [-0.15, -0.1) is 0 Å². The lowest BCUT2D eigenvalue weighted by Crippen LogP contribution is -2.38. The maximum Gasteiger partial charge on any atom is 0.229 e. The van der Waals surface area contributed by atoms with Crippen molar-refractivity contribution in [2.45, 2.75) is 13.5 Å². The SMILES string of the molecule is CC(Cn1cncn1)C(=O)Nc1ccc(OCCN2CCOCC2)cc1. The fourth-order valence-corrected chi connectivity index (χ4v) is 2.71. The lowest BCUT2D eigenvalue weighted by molar-refractivity contribution is -0.119. The molecule has 0 radical (unpaired) electrons. The molecule has 1 atom stereocenters. The molecular formula is C18H25N5O3. The Balaban J connectivity index is 1.41. The highest BCUT2D eigenvalue weighted by molar-refractivity contribution is 5.92. The number of amides is 1. The second-order valence-corrected chi connectivity index (χ2v) is 6.33. The molecule has 1 saturated heterocycles. The van der Waals surface area contributed by atoms with Crippen molar-refractivity contribution in [1.82, 2.24) is 19.7 Å². The standard InChI is InChI=1S/C18H25N5O3/c1-15(12-23-14-19-13-20-23)18(24)21-16-2-4-17(5-3-16)26-11-8-22-6-9-25-10-7-22/h2-5,13-15H,6-12H2,1H3,(H,21,24). The van der Waals surface area contributed by atoms with Gasteiger partial charge in [-0.05, 0) is 24.3 Å². The Morgan fingerprint density at radius 1 is 1.31 bits per heavy atom. The quantitative estimate of drug-likeness (QED) is 0.764. The molecule has 1 aliphatic heterocycles. The zero-order valence-electron chi connectivity index (χ0n) is 15.0. The summed E-state index contributed by atoms with van der Waals surface area (Å²) in [6, 6.07) is 7.45. The minimum absolute atomic E-state index is 0.0542. The first-order valence-electron chi connectivity index (χ1n) is 8.87. The van der Waals surface area contributed by atoms with Crippen molar-refractivity contribution in [1.29, 1.82) is 0 Å². The average molecular weight is 359 g/mol. The van der Waals surface area contributed by atoms with Gasteiger partial charge in [0.05, 0.1) is 25.7 Å². The summed E-state index contributed by atoms with van der Waals surface area (Å²) in [7, 11) is 0. The van der Waals surface area contributed by atoms with Gasteiger partial charge in [-0.2, -0.15) is 5.10 Å². The summed E-state index contributed by atoms with van der Waals surface area (Å²) >= 11 is 0. The Bertz CT molecular complexity index is 669. The van der Waals surface area contributed by atoms with Crippen LogP contribution >= 0.6 is 0 Å². The minimum atomic E-state index is -0.207. The van der Waals surface area contributed by atoms with Gasteiger partial charge >= 0.3 is 0 Å². The predicted molar refractivity (Wildman–Crippen MR) is 97.0 cm³/mol. The maximum atomic E-state index is 12.3. The first-order valence-corrected chi connectivity index (χ1v) is 8.87. The van der Waals surface area contributed by atoms with Crippen LogP contribution in [0, 0.1) is 5.92 Å². The monoisotopic (exact) mass is 359 g/mol. The molecule has 1 fully saturated rings. The van der Waals surface area contributed by atoms with E-state index in [2.05, 4.69) is 20.3 Å². The number of nitrogens with zero attached hydrogens (tertiary/aromatic N) is 4. The molecule has 1 N–H and O–H groups in total. The van der Waals surface area contributed by atoms with Crippen molar-refractivity contribution in [3.05, 3.63) is 36.9 Å². The number of hydrogen-bond acceptors (Lipinski definition) is 6. The molecule has 2 aromatic rings. The zero-order valence-corrected chi connectivity index (χ0v) is 15.0. The summed E-state index contributed by atoms with van der Waals surface area (Å²) in [5.74, 6) is 0.537. The van der Waals surface area contributed by atoms with E-state index in [9.17, 15) is 4.79 Å². The molecule has 0 saturated carbocycles. The minimum Gasteiger partial charge on any atom is -0.492 e. The van der Waals surface area contributed by atoms with Gasteiger partial charge in [0.1, 0.15) is 25.0 Å². The summed E-state index contributed by atoms with van der Waals surface area (Å²) in [4.78, 5) is 18.5. The van der Waals surface area contributed by atoms with Crippen molar-refractivity contribution in [3.63, 3.8) is 0 Å². The topological polar surface area (TPSA) is 81.5 Å². The highest BCUT2D eigenvalue weighted by Crippen LogP contribution is 2.16. The second-order valence-electron chi connectivity index (χ2n) is 6.33. The van der Waals surface area contributed by atoms with Gasteiger partial charge in [-0.1, -0.05) is 6.92 Å². The summed E-state index contributed by atoms with van der Waals surface area (Å²) in [6.45, 7) is 7.40. The number of benzene rings is 1. The fraction of sp³-hybridized carbons (Fsp3) is 0.500. The van der Waals surface area contributed by atoms with Crippen LogP contribution in [-0.4, -0.2) is 65.0 Å². The highest BCUT2D eigenvalue weighted by atomic mass is 16.5. The molecule has 8 heteroatoms. The lowest BCUT2D eigenvalue weighted by atomic mass is 10.1. The molecule has 140 valence electrons. The van der Waals surface area contributed by atoms with Gasteiger partial charge < -0.3 is 14.8 Å².